The first-order valence-corrected chi connectivity index (χ1v) is 10.1. The molecule has 2 spiro atoms. The second-order valence-electron chi connectivity index (χ2n) is 8.66. The number of amidine groups is 1. The summed E-state index contributed by atoms with van der Waals surface area (Å²) < 4.78 is 11.5. The van der Waals surface area contributed by atoms with Gasteiger partial charge in [0.15, 0.2) is 0 Å². The van der Waals surface area contributed by atoms with Gasteiger partial charge in [0.1, 0.15) is 12.1 Å². The van der Waals surface area contributed by atoms with Gasteiger partial charge in [0, 0.05) is 24.9 Å². The summed E-state index contributed by atoms with van der Waals surface area (Å²) >= 11 is 0. The number of pyridine rings is 1. The maximum Gasteiger partial charge on any atom is 0.283 e. The Kier molecular flexibility index (Phi) is 3.98. The highest BCUT2D eigenvalue weighted by Crippen LogP contribution is 2.62. The van der Waals surface area contributed by atoms with Crippen molar-refractivity contribution < 1.29 is 9.47 Å². The van der Waals surface area contributed by atoms with E-state index in [0.29, 0.717) is 24.7 Å². The molecule has 1 aliphatic heterocycles. The minimum Gasteiger partial charge on any atom is -0.462 e. The van der Waals surface area contributed by atoms with Crippen molar-refractivity contribution in [1.29, 1.82) is 0 Å². The molecule has 3 aliphatic rings. The van der Waals surface area contributed by atoms with Crippen LogP contribution < -0.4 is 5.73 Å². The second-order valence-corrected chi connectivity index (χ2v) is 8.66. The molecule has 4 atom stereocenters. The zero-order valence-electron chi connectivity index (χ0n) is 16.5. The maximum absolute atomic E-state index is 6.07. The van der Waals surface area contributed by atoms with Crippen LogP contribution in [-0.4, -0.2) is 30.8 Å². The van der Waals surface area contributed by atoms with Gasteiger partial charge in [-0.15, -0.1) is 0 Å². The molecule has 0 unspecified atom stereocenters. The van der Waals surface area contributed by atoms with Crippen LogP contribution in [0.4, 0.5) is 0 Å². The molecule has 1 fully saturated rings. The largest absolute Gasteiger partial charge is 0.462 e. The molecule has 0 saturated heterocycles. The van der Waals surface area contributed by atoms with E-state index in [1.807, 2.05) is 19.4 Å². The van der Waals surface area contributed by atoms with Crippen LogP contribution in [0.15, 0.2) is 47.7 Å². The van der Waals surface area contributed by atoms with Crippen molar-refractivity contribution in [2.75, 3.05) is 13.7 Å². The Labute approximate surface area is 166 Å². The predicted octanol–water partition coefficient (Wildman–Crippen LogP) is 3.67. The number of fused-ring (bicyclic) bond motifs is 3. The van der Waals surface area contributed by atoms with E-state index in [0.717, 1.165) is 31.2 Å². The lowest BCUT2D eigenvalue weighted by molar-refractivity contribution is -0.0445. The molecular weight excluding hydrogens is 350 g/mol. The highest BCUT2D eigenvalue weighted by Gasteiger charge is 2.62. The van der Waals surface area contributed by atoms with E-state index in [2.05, 4.69) is 36.2 Å². The fraction of sp³-hybridized carbons (Fsp3) is 0.478. The van der Waals surface area contributed by atoms with Gasteiger partial charge in [-0.05, 0) is 66.0 Å². The van der Waals surface area contributed by atoms with E-state index < -0.39 is 5.54 Å². The first kappa shape index (κ1) is 17.7. The van der Waals surface area contributed by atoms with Crippen molar-refractivity contribution >= 4 is 6.02 Å². The highest BCUT2D eigenvalue weighted by atomic mass is 16.5. The standard InChI is InChI=1S/C23H27N3O2/c1-15-11-22(8-7-20(15)27-2)12-17-6-5-16(18-4-3-9-25-13-18)10-19(17)23(22)14-28-21(24)26-23/h3-6,9-10,13,15,20H,7-8,11-12,14H2,1-2H3,(H2,24,26)/t15-,20-,22-,23-/m0/s1. The number of rotatable bonds is 2. The van der Waals surface area contributed by atoms with E-state index in [-0.39, 0.29) is 5.41 Å². The van der Waals surface area contributed by atoms with Gasteiger partial charge >= 0.3 is 0 Å². The summed E-state index contributed by atoms with van der Waals surface area (Å²) in [5.74, 6) is 0.486. The number of nitrogens with zero attached hydrogens (tertiary/aromatic N) is 2. The number of ether oxygens (including phenoxy) is 2. The lowest BCUT2D eigenvalue weighted by Crippen LogP contribution is -2.48. The fourth-order valence-corrected chi connectivity index (χ4v) is 5.91. The third-order valence-corrected chi connectivity index (χ3v) is 7.24. The normalized spacial score (nSPS) is 33.7. The van der Waals surface area contributed by atoms with E-state index in [9.17, 15) is 0 Å². The topological polar surface area (TPSA) is 69.7 Å². The van der Waals surface area contributed by atoms with Crippen molar-refractivity contribution in [2.45, 2.75) is 44.2 Å². The summed E-state index contributed by atoms with van der Waals surface area (Å²) in [6.45, 7) is 2.84. The van der Waals surface area contributed by atoms with Gasteiger partial charge in [0.25, 0.3) is 6.02 Å². The van der Waals surface area contributed by atoms with Crippen LogP contribution in [0.1, 0.15) is 37.3 Å². The molecular formula is C23H27N3O2. The van der Waals surface area contributed by atoms with E-state index >= 15 is 0 Å². The summed E-state index contributed by atoms with van der Waals surface area (Å²) in [6, 6.07) is 11.2. The summed E-state index contributed by atoms with van der Waals surface area (Å²) in [4.78, 5) is 9.25. The summed E-state index contributed by atoms with van der Waals surface area (Å²) in [7, 11) is 1.83. The molecule has 2 aliphatic carbocycles. The molecule has 1 aromatic carbocycles. The van der Waals surface area contributed by atoms with Crippen LogP contribution in [-0.2, 0) is 21.4 Å². The number of aliphatic imine (C=N–C) groups is 1. The van der Waals surface area contributed by atoms with Crippen LogP contribution in [0, 0.1) is 11.3 Å². The zero-order chi connectivity index (χ0) is 19.4. The maximum atomic E-state index is 6.07. The average Bonchev–Trinajstić information content (AvgIpc) is 3.22. The molecule has 28 heavy (non-hydrogen) atoms. The van der Waals surface area contributed by atoms with Gasteiger partial charge in [-0.1, -0.05) is 25.1 Å². The summed E-state index contributed by atoms with van der Waals surface area (Å²) in [5, 5.41) is 0. The van der Waals surface area contributed by atoms with E-state index in [1.165, 1.54) is 16.7 Å². The molecule has 1 saturated carbocycles. The number of benzene rings is 1. The van der Waals surface area contributed by atoms with Gasteiger partial charge in [0.05, 0.1) is 6.10 Å². The minimum atomic E-state index is -0.391. The zero-order valence-corrected chi connectivity index (χ0v) is 16.5. The summed E-state index contributed by atoms with van der Waals surface area (Å²) in [6.07, 6.45) is 8.26. The first-order chi connectivity index (χ1) is 13.6. The first-order valence-electron chi connectivity index (χ1n) is 10.1. The van der Waals surface area contributed by atoms with Crippen molar-refractivity contribution in [3.8, 4) is 11.1 Å². The monoisotopic (exact) mass is 377 g/mol. The molecule has 146 valence electrons. The van der Waals surface area contributed by atoms with Crippen LogP contribution in [0.3, 0.4) is 0 Å². The van der Waals surface area contributed by atoms with Gasteiger partial charge in [0.2, 0.25) is 0 Å². The molecule has 5 heteroatoms. The van der Waals surface area contributed by atoms with Crippen molar-refractivity contribution in [2.24, 2.45) is 22.1 Å². The Morgan fingerprint density at radius 2 is 2.14 bits per heavy atom. The molecule has 2 heterocycles. The van der Waals surface area contributed by atoms with Crippen molar-refractivity contribution in [1.82, 2.24) is 4.98 Å². The summed E-state index contributed by atoms with van der Waals surface area (Å²) in [5.41, 5.74) is 10.7. The molecule has 5 rings (SSSR count). The van der Waals surface area contributed by atoms with Crippen molar-refractivity contribution in [3.05, 3.63) is 53.9 Å². The third-order valence-electron chi connectivity index (χ3n) is 7.24. The Balaban J connectivity index is 1.62. The highest BCUT2D eigenvalue weighted by molar-refractivity contribution is 5.76. The van der Waals surface area contributed by atoms with E-state index in [4.69, 9.17) is 20.2 Å². The molecule has 0 radical (unpaired) electrons. The molecule has 1 aromatic heterocycles. The Morgan fingerprint density at radius 3 is 2.82 bits per heavy atom. The average molecular weight is 377 g/mol. The Bertz CT molecular complexity index is 929. The van der Waals surface area contributed by atoms with Gasteiger partial charge in [-0.3, -0.25) is 4.98 Å². The molecule has 2 aromatic rings. The Hall–Kier alpha value is -2.40. The quantitative estimate of drug-likeness (QED) is 0.867. The number of hydrogen-bond acceptors (Lipinski definition) is 5. The lowest BCUT2D eigenvalue weighted by atomic mass is 9.59. The molecule has 0 bridgehead atoms. The minimum absolute atomic E-state index is 0.0401. The number of nitrogens with two attached hydrogens (primary N) is 1. The lowest BCUT2D eigenvalue weighted by Gasteiger charge is -2.47. The number of aromatic nitrogens is 1. The number of hydrogen-bond donors (Lipinski definition) is 1. The van der Waals surface area contributed by atoms with Gasteiger partial charge in [-0.25, -0.2) is 4.99 Å². The smallest absolute Gasteiger partial charge is 0.283 e. The Morgan fingerprint density at radius 1 is 1.25 bits per heavy atom. The van der Waals surface area contributed by atoms with Crippen molar-refractivity contribution in [3.63, 3.8) is 0 Å². The molecule has 2 N–H and O–H groups in total. The molecule has 5 nitrogen and oxygen atoms in total. The predicted molar refractivity (Wildman–Crippen MR) is 109 cm³/mol. The fourth-order valence-electron chi connectivity index (χ4n) is 5.91. The van der Waals surface area contributed by atoms with Crippen LogP contribution in [0.5, 0.6) is 0 Å². The van der Waals surface area contributed by atoms with E-state index in [1.54, 1.807) is 6.20 Å². The second kappa shape index (κ2) is 6.31. The SMILES string of the molecule is CO[C@H]1CC[C@@]2(Cc3ccc(-c4cccnc4)cc3[C@@]23COC(N)=N3)C[C@@H]1C. The van der Waals surface area contributed by atoms with Gasteiger partial charge in [-0.2, -0.15) is 0 Å². The van der Waals surface area contributed by atoms with Crippen LogP contribution in [0.25, 0.3) is 11.1 Å². The van der Waals surface area contributed by atoms with Crippen LogP contribution in [0.2, 0.25) is 0 Å². The van der Waals surface area contributed by atoms with Gasteiger partial charge < -0.3 is 15.2 Å². The number of methoxy groups -OCH3 is 1. The van der Waals surface area contributed by atoms with Crippen LogP contribution >= 0.6 is 0 Å². The molecule has 0 amide bonds. The third kappa shape index (κ3) is 2.42.